The fourth-order valence-corrected chi connectivity index (χ4v) is 2.10. The maximum atomic E-state index is 12.0. The number of anilines is 1. The summed E-state index contributed by atoms with van der Waals surface area (Å²) in [4.78, 5) is 10.5. The minimum atomic E-state index is -2.46. The molecule has 0 saturated heterocycles. The fraction of sp³-hybridized carbons (Fsp3) is 0.364. The SMILES string of the molecule is O=CNC1(c2cccc(NSC(F)F)c2)CC1. The van der Waals surface area contributed by atoms with Gasteiger partial charge in [0.2, 0.25) is 6.41 Å². The fourth-order valence-electron chi connectivity index (χ4n) is 1.75. The number of hydrogen-bond acceptors (Lipinski definition) is 3. The molecule has 6 heteroatoms. The summed E-state index contributed by atoms with van der Waals surface area (Å²) in [6.45, 7) is 0. The van der Waals surface area contributed by atoms with Crippen molar-refractivity contribution in [3.8, 4) is 0 Å². The van der Waals surface area contributed by atoms with Crippen molar-refractivity contribution in [3.63, 3.8) is 0 Å². The smallest absolute Gasteiger partial charge is 0.302 e. The highest BCUT2D eigenvalue weighted by Gasteiger charge is 2.44. The monoisotopic (exact) mass is 258 g/mol. The quantitative estimate of drug-likeness (QED) is 0.609. The zero-order valence-electron chi connectivity index (χ0n) is 8.95. The Balaban J connectivity index is 2.09. The van der Waals surface area contributed by atoms with Crippen molar-refractivity contribution in [2.24, 2.45) is 0 Å². The average molecular weight is 258 g/mol. The Morgan fingerprint density at radius 2 is 2.18 bits per heavy atom. The van der Waals surface area contributed by atoms with Gasteiger partial charge in [-0.25, -0.2) is 0 Å². The molecule has 0 radical (unpaired) electrons. The summed E-state index contributed by atoms with van der Waals surface area (Å²) < 4.78 is 26.6. The molecule has 17 heavy (non-hydrogen) atoms. The van der Waals surface area contributed by atoms with Crippen LogP contribution in [0.1, 0.15) is 18.4 Å². The van der Waals surface area contributed by atoms with E-state index in [1.165, 1.54) is 0 Å². The maximum absolute atomic E-state index is 12.0. The summed E-state index contributed by atoms with van der Waals surface area (Å²) in [6.07, 6.45) is 2.45. The highest BCUT2D eigenvalue weighted by molar-refractivity contribution is 8.00. The first-order valence-electron chi connectivity index (χ1n) is 5.18. The van der Waals surface area contributed by atoms with Gasteiger partial charge in [-0.15, -0.1) is 0 Å². The molecule has 0 heterocycles. The number of hydrogen-bond donors (Lipinski definition) is 2. The summed E-state index contributed by atoms with van der Waals surface area (Å²) in [7, 11) is 0. The number of alkyl halides is 2. The predicted octanol–water partition coefficient (Wildman–Crippen LogP) is 2.70. The molecule has 0 aliphatic heterocycles. The number of carbonyl (C=O) groups excluding carboxylic acids is 1. The first-order chi connectivity index (χ1) is 8.16. The third-order valence-electron chi connectivity index (χ3n) is 2.77. The van der Waals surface area contributed by atoms with Gasteiger partial charge >= 0.3 is 5.76 Å². The van der Waals surface area contributed by atoms with Crippen LogP contribution < -0.4 is 10.0 Å². The lowest BCUT2D eigenvalue weighted by Crippen LogP contribution is -2.27. The second kappa shape index (κ2) is 4.91. The van der Waals surface area contributed by atoms with E-state index < -0.39 is 5.76 Å². The molecule has 2 rings (SSSR count). The van der Waals surface area contributed by atoms with Crippen LogP contribution in [0.4, 0.5) is 14.5 Å². The Kier molecular flexibility index (Phi) is 3.51. The molecule has 1 aromatic rings. The van der Waals surface area contributed by atoms with Crippen molar-refractivity contribution < 1.29 is 13.6 Å². The van der Waals surface area contributed by atoms with Gasteiger partial charge in [0.25, 0.3) is 0 Å². The number of amides is 1. The lowest BCUT2D eigenvalue weighted by atomic mass is 10.0. The van der Waals surface area contributed by atoms with Gasteiger partial charge in [0, 0.05) is 17.6 Å². The van der Waals surface area contributed by atoms with E-state index >= 15 is 0 Å². The maximum Gasteiger partial charge on any atom is 0.302 e. The standard InChI is InChI=1S/C11H12F2N2OS/c12-10(13)17-15-9-3-1-2-8(6-9)11(4-5-11)14-7-16/h1-3,6-7,10,15H,4-5H2,(H,14,16). The first-order valence-corrected chi connectivity index (χ1v) is 6.06. The molecule has 2 N–H and O–H groups in total. The molecular formula is C11H12F2N2OS. The molecule has 1 fully saturated rings. The zero-order chi connectivity index (χ0) is 12.3. The molecular weight excluding hydrogens is 246 g/mol. The van der Waals surface area contributed by atoms with Crippen LogP contribution >= 0.6 is 11.9 Å². The van der Waals surface area contributed by atoms with Crippen molar-refractivity contribution in [2.45, 2.75) is 24.1 Å². The number of halogens is 2. The molecule has 1 aromatic carbocycles. The van der Waals surface area contributed by atoms with Crippen molar-refractivity contribution in [3.05, 3.63) is 29.8 Å². The summed E-state index contributed by atoms with van der Waals surface area (Å²) >= 11 is 0.364. The van der Waals surface area contributed by atoms with Gasteiger partial charge in [0.05, 0.1) is 5.54 Å². The Hall–Kier alpha value is -1.30. The van der Waals surface area contributed by atoms with Crippen molar-refractivity contribution in [1.29, 1.82) is 0 Å². The predicted molar refractivity (Wildman–Crippen MR) is 63.8 cm³/mol. The van der Waals surface area contributed by atoms with Gasteiger partial charge in [0.15, 0.2) is 0 Å². The minimum Gasteiger partial charge on any atom is -0.349 e. The topological polar surface area (TPSA) is 41.1 Å². The van der Waals surface area contributed by atoms with Crippen LogP contribution in [0.25, 0.3) is 0 Å². The van der Waals surface area contributed by atoms with E-state index in [0.29, 0.717) is 24.0 Å². The molecule has 3 nitrogen and oxygen atoms in total. The van der Waals surface area contributed by atoms with Crippen molar-refractivity contribution >= 4 is 24.0 Å². The second-order valence-electron chi connectivity index (χ2n) is 3.91. The van der Waals surface area contributed by atoms with Crippen LogP contribution in [0.5, 0.6) is 0 Å². The third kappa shape index (κ3) is 2.88. The van der Waals surface area contributed by atoms with E-state index in [1.807, 2.05) is 6.07 Å². The van der Waals surface area contributed by atoms with Gasteiger partial charge in [-0.1, -0.05) is 12.1 Å². The summed E-state index contributed by atoms with van der Waals surface area (Å²) in [5.41, 5.74) is 1.28. The second-order valence-corrected chi connectivity index (χ2v) is 4.70. The first kappa shape index (κ1) is 12.2. The molecule has 1 saturated carbocycles. The van der Waals surface area contributed by atoms with Gasteiger partial charge in [-0.2, -0.15) is 8.78 Å². The van der Waals surface area contributed by atoms with Gasteiger partial charge in [-0.3, -0.25) is 4.79 Å². The summed E-state index contributed by atoms with van der Waals surface area (Å²) in [5, 5.41) is 2.78. The van der Waals surface area contributed by atoms with E-state index in [1.54, 1.807) is 18.2 Å². The molecule has 1 aliphatic rings. The molecule has 0 unspecified atom stereocenters. The number of benzene rings is 1. The molecule has 0 atom stereocenters. The minimum absolute atomic E-state index is 0.283. The van der Waals surface area contributed by atoms with E-state index in [2.05, 4.69) is 10.0 Å². The highest BCUT2D eigenvalue weighted by Crippen LogP contribution is 2.45. The summed E-state index contributed by atoms with van der Waals surface area (Å²) in [5.74, 6) is -2.46. The van der Waals surface area contributed by atoms with Crippen LogP contribution in [0.15, 0.2) is 24.3 Å². The van der Waals surface area contributed by atoms with Crippen LogP contribution in [-0.4, -0.2) is 12.2 Å². The summed E-state index contributed by atoms with van der Waals surface area (Å²) in [6, 6.07) is 7.19. The number of nitrogens with one attached hydrogen (secondary N) is 2. The number of carbonyl (C=O) groups is 1. The molecule has 0 spiro atoms. The molecule has 1 aliphatic carbocycles. The van der Waals surface area contributed by atoms with E-state index in [0.717, 1.165) is 18.4 Å². The van der Waals surface area contributed by atoms with E-state index in [9.17, 15) is 13.6 Å². The average Bonchev–Trinajstić information content (AvgIpc) is 3.08. The van der Waals surface area contributed by atoms with Gasteiger partial charge in [0.1, 0.15) is 0 Å². The van der Waals surface area contributed by atoms with Crippen LogP contribution in [-0.2, 0) is 10.3 Å². The Bertz CT molecular complexity index is 410. The van der Waals surface area contributed by atoms with Crippen LogP contribution in [0, 0.1) is 0 Å². The number of rotatable bonds is 6. The Morgan fingerprint density at radius 3 is 2.76 bits per heavy atom. The highest BCUT2D eigenvalue weighted by atomic mass is 32.2. The van der Waals surface area contributed by atoms with E-state index in [4.69, 9.17) is 0 Å². The largest absolute Gasteiger partial charge is 0.349 e. The molecule has 0 bridgehead atoms. The van der Waals surface area contributed by atoms with Crippen molar-refractivity contribution in [1.82, 2.24) is 5.32 Å². The van der Waals surface area contributed by atoms with Crippen molar-refractivity contribution in [2.75, 3.05) is 4.72 Å². The Labute approximate surface area is 102 Å². The van der Waals surface area contributed by atoms with Crippen LogP contribution in [0.2, 0.25) is 0 Å². The van der Waals surface area contributed by atoms with Gasteiger partial charge in [-0.05, 0) is 30.5 Å². The molecule has 0 aromatic heterocycles. The third-order valence-corrected chi connectivity index (χ3v) is 3.30. The van der Waals surface area contributed by atoms with Gasteiger partial charge < -0.3 is 10.0 Å². The zero-order valence-corrected chi connectivity index (χ0v) is 9.77. The molecule has 1 amide bonds. The van der Waals surface area contributed by atoms with E-state index in [-0.39, 0.29) is 5.54 Å². The lowest BCUT2D eigenvalue weighted by molar-refractivity contribution is -0.110. The lowest BCUT2D eigenvalue weighted by Gasteiger charge is -2.15. The Morgan fingerprint density at radius 1 is 1.41 bits per heavy atom. The molecule has 92 valence electrons. The van der Waals surface area contributed by atoms with Crippen LogP contribution in [0.3, 0.4) is 0 Å². The normalized spacial score (nSPS) is 16.6.